The van der Waals surface area contributed by atoms with Gasteiger partial charge < -0.3 is 5.32 Å². The van der Waals surface area contributed by atoms with Crippen LogP contribution in [0.1, 0.15) is 54.2 Å². The Hall–Kier alpha value is -2.20. The summed E-state index contributed by atoms with van der Waals surface area (Å²) in [6.07, 6.45) is 2.53. The maximum Gasteiger partial charge on any atom is 0.251 e. The van der Waals surface area contributed by atoms with Gasteiger partial charge in [-0.25, -0.2) is 4.39 Å². The van der Waals surface area contributed by atoms with Crippen molar-refractivity contribution in [2.45, 2.75) is 39.3 Å². The molecule has 3 nitrogen and oxygen atoms in total. The van der Waals surface area contributed by atoms with Crippen LogP contribution in [0.2, 0.25) is 0 Å². The summed E-state index contributed by atoms with van der Waals surface area (Å²) in [6.45, 7) is 7.46. The lowest BCUT2D eigenvalue weighted by Gasteiger charge is -2.30. The Labute approximate surface area is 155 Å². The number of piperidine rings is 1. The van der Waals surface area contributed by atoms with Gasteiger partial charge in [0, 0.05) is 12.1 Å². The van der Waals surface area contributed by atoms with E-state index < -0.39 is 0 Å². The van der Waals surface area contributed by atoms with Gasteiger partial charge in [0.15, 0.2) is 0 Å². The van der Waals surface area contributed by atoms with Gasteiger partial charge in [-0.3, -0.25) is 9.69 Å². The van der Waals surface area contributed by atoms with Crippen LogP contribution in [0.3, 0.4) is 0 Å². The van der Waals surface area contributed by atoms with E-state index in [1.807, 2.05) is 31.2 Å². The zero-order chi connectivity index (χ0) is 18.5. The number of carbonyl (C=O) groups is 1. The number of halogens is 1. The van der Waals surface area contributed by atoms with E-state index in [2.05, 4.69) is 17.1 Å². The van der Waals surface area contributed by atoms with E-state index in [0.717, 1.165) is 31.1 Å². The summed E-state index contributed by atoms with van der Waals surface area (Å²) < 4.78 is 13.0. The van der Waals surface area contributed by atoms with E-state index in [-0.39, 0.29) is 17.8 Å². The summed E-state index contributed by atoms with van der Waals surface area (Å²) in [4.78, 5) is 14.9. The molecule has 4 heteroatoms. The number of nitrogens with one attached hydrogen (secondary N) is 1. The van der Waals surface area contributed by atoms with Gasteiger partial charge >= 0.3 is 0 Å². The Bertz CT molecular complexity index is 719. The highest BCUT2D eigenvalue weighted by molar-refractivity contribution is 5.94. The average Bonchev–Trinajstić information content (AvgIpc) is 2.64. The first kappa shape index (κ1) is 18.6. The van der Waals surface area contributed by atoms with E-state index in [0.29, 0.717) is 5.56 Å². The van der Waals surface area contributed by atoms with Gasteiger partial charge in [0.25, 0.3) is 5.91 Å². The Morgan fingerprint density at radius 1 is 1.12 bits per heavy atom. The Morgan fingerprint density at radius 3 is 2.35 bits per heavy atom. The number of carbonyl (C=O) groups excluding carboxylic acids is 1. The molecule has 0 saturated carbocycles. The first-order valence-electron chi connectivity index (χ1n) is 9.39. The predicted molar refractivity (Wildman–Crippen MR) is 102 cm³/mol. The molecule has 1 amide bonds. The third kappa shape index (κ3) is 4.92. The van der Waals surface area contributed by atoms with Gasteiger partial charge in [0.2, 0.25) is 0 Å². The highest BCUT2D eigenvalue weighted by atomic mass is 19.1. The van der Waals surface area contributed by atoms with E-state index in [1.165, 1.54) is 30.5 Å². The number of rotatable bonds is 5. The maximum absolute atomic E-state index is 13.0. The SMILES string of the molecule is CC1CCN(Cc2ccc(C(=O)N[C@@H](C)c3ccc(F)cc3)cc2)CC1. The summed E-state index contributed by atoms with van der Waals surface area (Å²) in [5.41, 5.74) is 2.77. The minimum Gasteiger partial charge on any atom is -0.346 e. The van der Waals surface area contributed by atoms with Crippen LogP contribution in [-0.4, -0.2) is 23.9 Å². The molecule has 0 bridgehead atoms. The van der Waals surface area contributed by atoms with Crippen molar-refractivity contribution in [3.8, 4) is 0 Å². The van der Waals surface area contributed by atoms with E-state index in [4.69, 9.17) is 0 Å². The van der Waals surface area contributed by atoms with E-state index in [9.17, 15) is 9.18 Å². The highest BCUT2D eigenvalue weighted by Crippen LogP contribution is 2.19. The molecule has 0 radical (unpaired) electrons. The minimum absolute atomic E-state index is 0.111. The fourth-order valence-corrected chi connectivity index (χ4v) is 3.35. The zero-order valence-electron chi connectivity index (χ0n) is 15.5. The lowest BCUT2D eigenvalue weighted by Crippen LogP contribution is -2.32. The smallest absolute Gasteiger partial charge is 0.251 e. The summed E-state index contributed by atoms with van der Waals surface area (Å²) in [6, 6.07) is 13.9. The number of hydrogen-bond donors (Lipinski definition) is 1. The molecule has 0 aromatic heterocycles. The van der Waals surface area contributed by atoms with Gasteiger partial charge in [0.1, 0.15) is 5.82 Å². The summed E-state index contributed by atoms with van der Waals surface area (Å²) in [5.74, 6) is 0.451. The zero-order valence-corrected chi connectivity index (χ0v) is 15.5. The van der Waals surface area contributed by atoms with Crippen molar-refractivity contribution >= 4 is 5.91 Å². The molecular formula is C22H27FN2O. The largest absolute Gasteiger partial charge is 0.346 e. The van der Waals surface area contributed by atoms with Crippen LogP contribution >= 0.6 is 0 Å². The topological polar surface area (TPSA) is 32.3 Å². The van der Waals surface area contributed by atoms with Crippen LogP contribution in [0.15, 0.2) is 48.5 Å². The second kappa shape index (κ2) is 8.45. The van der Waals surface area contributed by atoms with Crippen molar-refractivity contribution in [2.24, 2.45) is 5.92 Å². The fourth-order valence-electron chi connectivity index (χ4n) is 3.35. The van der Waals surface area contributed by atoms with Crippen LogP contribution in [0.4, 0.5) is 4.39 Å². The van der Waals surface area contributed by atoms with Crippen LogP contribution in [0, 0.1) is 11.7 Å². The number of amides is 1. The molecule has 1 aliphatic rings. The molecule has 26 heavy (non-hydrogen) atoms. The second-order valence-corrected chi connectivity index (χ2v) is 7.40. The highest BCUT2D eigenvalue weighted by Gasteiger charge is 2.16. The standard InChI is InChI=1S/C22H27FN2O/c1-16-11-13-25(14-12-16)15-18-3-5-20(6-4-18)22(26)24-17(2)19-7-9-21(23)10-8-19/h3-10,16-17H,11-15H2,1-2H3,(H,24,26)/t17-/m0/s1. The summed E-state index contributed by atoms with van der Waals surface area (Å²) in [5, 5.41) is 2.97. The average molecular weight is 354 g/mol. The predicted octanol–water partition coefficient (Wildman–Crippen LogP) is 4.55. The molecule has 3 rings (SSSR count). The number of hydrogen-bond acceptors (Lipinski definition) is 2. The first-order chi connectivity index (χ1) is 12.5. The van der Waals surface area contributed by atoms with Crippen LogP contribution in [0.25, 0.3) is 0 Å². The lowest BCUT2D eigenvalue weighted by atomic mass is 9.99. The van der Waals surface area contributed by atoms with Crippen molar-refractivity contribution in [1.82, 2.24) is 10.2 Å². The fraction of sp³-hybridized carbons (Fsp3) is 0.409. The van der Waals surface area contributed by atoms with Gasteiger partial charge in [0.05, 0.1) is 6.04 Å². The quantitative estimate of drug-likeness (QED) is 0.854. The van der Waals surface area contributed by atoms with Gasteiger partial charge in [-0.15, -0.1) is 0 Å². The van der Waals surface area contributed by atoms with Crippen LogP contribution in [-0.2, 0) is 6.54 Å². The molecule has 1 saturated heterocycles. The molecule has 0 aliphatic carbocycles. The lowest BCUT2D eigenvalue weighted by molar-refractivity contribution is 0.0940. The van der Waals surface area contributed by atoms with E-state index in [1.54, 1.807) is 12.1 Å². The minimum atomic E-state index is -0.272. The molecular weight excluding hydrogens is 327 g/mol. The third-order valence-corrected chi connectivity index (χ3v) is 5.22. The molecule has 0 spiro atoms. The molecule has 1 aliphatic heterocycles. The van der Waals surface area contributed by atoms with Crippen LogP contribution in [0.5, 0.6) is 0 Å². The monoisotopic (exact) mass is 354 g/mol. The Morgan fingerprint density at radius 2 is 1.73 bits per heavy atom. The molecule has 138 valence electrons. The first-order valence-corrected chi connectivity index (χ1v) is 9.39. The number of likely N-dealkylation sites (tertiary alicyclic amines) is 1. The molecule has 1 heterocycles. The molecule has 1 N–H and O–H groups in total. The molecule has 1 atom stereocenters. The summed E-state index contributed by atoms with van der Waals surface area (Å²) in [7, 11) is 0. The van der Waals surface area contributed by atoms with Crippen molar-refractivity contribution in [1.29, 1.82) is 0 Å². The number of benzene rings is 2. The van der Waals surface area contributed by atoms with Crippen molar-refractivity contribution in [3.05, 3.63) is 71.0 Å². The van der Waals surface area contributed by atoms with Crippen molar-refractivity contribution in [3.63, 3.8) is 0 Å². The van der Waals surface area contributed by atoms with Crippen LogP contribution < -0.4 is 5.32 Å². The maximum atomic E-state index is 13.0. The Balaban J connectivity index is 1.55. The number of nitrogens with zero attached hydrogens (tertiary/aromatic N) is 1. The van der Waals surface area contributed by atoms with Crippen molar-refractivity contribution < 1.29 is 9.18 Å². The third-order valence-electron chi connectivity index (χ3n) is 5.22. The second-order valence-electron chi connectivity index (χ2n) is 7.40. The molecule has 2 aromatic rings. The molecule has 2 aromatic carbocycles. The normalized spacial score (nSPS) is 17.0. The van der Waals surface area contributed by atoms with Gasteiger partial charge in [-0.2, -0.15) is 0 Å². The Kier molecular flexibility index (Phi) is 6.04. The molecule has 0 unspecified atom stereocenters. The van der Waals surface area contributed by atoms with E-state index >= 15 is 0 Å². The molecule has 1 fully saturated rings. The van der Waals surface area contributed by atoms with Gasteiger partial charge in [-0.1, -0.05) is 31.2 Å². The summed E-state index contributed by atoms with van der Waals surface area (Å²) >= 11 is 0. The van der Waals surface area contributed by atoms with Crippen molar-refractivity contribution in [2.75, 3.05) is 13.1 Å². The van der Waals surface area contributed by atoms with Gasteiger partial charge in [-0.05, 0) is 74.2 Å².